The molecule has 18 heavy (non-hydrogen) atoms. The Labute approximate surface area is 111 Å². The zero-order valence-corrected chi connectivity index (χ0v) is 11.1. The van der Waals surface area contributed by atoms with Crippen molar-refractivity contribution in [2.45, 2.75) is 24.6 Å². The van der Waals surface area contributed by atoms with Crippen LogP contribution in [0.25, 0.3) is 0 Å². The standard InChI is InChI=1S/C13H17ClN2O2/c1-16-5-4-10(7-12(16)17)13(18)15-8-9-2-3-11(14)6-9/h4-5,7,9,11H,2-3,6,8H2,1H3,(H,15,18). The molecule has 1 aliphatic carbocycles. The fraction of sp³-hybridized carbons (Fsp3) is 0.538. The molecule has 1 aromatic rings. The molecule has 1 N–H and O–H groups in total. The highest BCUT2D eigenvalue weighted by atomic mass is 35.5. The molecule has 0 saturated heterocycles. The topological polar surface area (TPSA) is 51.1 Å². The van der Waals surface area contributed by atoms with Crippen LogP contribution in [-0.4, -0.2) is 22.4 Å². The van der Waals surface area contributed by atoms with Crippen LogP contribution in [0.1, 0.15) is 29.6 Å². The van der Waals surface area contributed by atoms with Crippen LogP contribution in [-0.2, 0) is 7.05 Å². The van der Waals surface area contributed by atoms with Crippen molar-refractivity contribution < 1.29 is 4.79 Å². The van der Waals surface area contributed by atoms with Crippen molar-refractivity contribution in [3.8, 4) is 0 Å². The summed E-state index contributed by atoms with van der Waals surface area (Å²) in [5.74, 6) is 0.272. The highest BCUT2D eigenvalue weighted by molar-refractivity contribution is 6.20. The number of aromatic nitrogens is 1. The number of alkyl halides is 1. The van der Waals surface area contributed by atoms with Crippen LogP contribution in [0.5, 0.6) is 0 Å². The first kappa shape index (κ1) is 13.1. The molecule has 98 valence electrons. The number of carbonyl (C=O) groups is 1. The van der Waals surface area contributed by atoms with Gasteiger partial charge in [0.15, 0.2) is 0 Å². The Balaban J connectivity index is 1.91. The van der Waals surface area contributed by atoms with Crippen LogP contribution in [0.15, 0.2) is 23.1 Å². The zero-order valence-electron chi connectivity index (χ0n) is 10.4. The van der Waals surface area contributed by atoms with Gasteiger partial charge in [-0.15, -0.1) is 11.6 Å². The molecule has 0 spiro atoms. The quantitative estimate of drug-likeness (QED) is 0.845. The van der Waals surface area contributed by atoms with E-state index in [4.69, 9.17) is 11.6 Å². The Bertz CT molecular complexity index is 498. The Morgan fingerprint density at radius 2 is 2.33 bits per heavy atom. The fourth-order valence-corrected chi connectivity index (χ4v) is 2.61. The van der Waals surface area contributed by atoms with Gasteiger partial charge >= 0.3 is 0 Å². The second kappa shape index (κ2) is 5.57. The third kappa shape index (κ3) is 3.13. The van der Waals surface area contributed by atoms with Crippen molar-refractivity contribution >= 4 is 17.5 Å². The van der Waals surface area contributed by atoms with E-state index in [2.05, 4.69) is 5.32 Å². The number of nitrogens with one attached hydrogen (secondary N) is 1. The average molecular weight is 269 g/mol. The van der Waals surface area contributed by atoms with Gasteiger partial charge in [-0.3, -0.25) is 9.59 Å². The number of hydrogen-bond acceptors (Lipinski definition) is 2. The monoisotopic (exact) mass is 268 g/mol. The largest absolute Gasteiger partial charge is 0.352 e. The second-order valence-electron chi connectivity index (χ2n) is 4.85. The van der Waals surface area contributed by atoms with Gasteiger partial charge in [0.05, 0.1) is 0 Å². The SMILES string of the molecule is Cn1ccc(C(=O)NCC2CCC(Cl)C2)cc1=O. The molecule has 2 rings (SSSR count). The van der Waals surface area contributed by atoms with Gasteiger partial charge in [0, 0.05) is 36.8 Å². The first-order chi connectivity index (χ1) is 8.56. The molecule has 1 aliphatic rings. The Kier molecular flexibility index (Phi) is 4.07. The third-order valence-electron chi connectivity index (χ3n) is 3.40. The average Bonchev–Trinajstić information content (AvgIpc) is 2.75. The Morgan fingerprint density at radius 3 is 2.94 bits per heavy atom. The van der Waals surface area contributed by atoms with Crippen molar-refractivity contribution in [2.75, 3.05) is 6.54 Å². The summed E-state index contributed by atoms with van der Waals surface area (Å²) >= 11 is 6.02. The lowest BCUT2D eigenvalue weighted by Crippen LogP contribution is -2.30. The third-order valence-corrected chi connectivity index (χ3v) is 3.79. The molecule has 2 unspecified atom stereocenters. The Hall–Kier alpha value is -1.29. The van der Waals surface area contributed by atoms with Gasteiger partial charge in [0.1, 0.15) is 0 Å². The van der Waals surface area contributed by atoms with Crippen LogP contribution in [0, 0.1) is 5.92 Å². The number of pyridine rings is 1. The van der Waals surface area contributed by atoms with E-state index in [0.717, 1.165) is 19.3 Å². The van der Waals surface area contributed by atoms with Gasteiger partial charge in [-0.1, -0.05) is 0 Å². The lowest BCUT2D eigenvalue weighted by molar-refractivity contribution is 0.0947. The maximum atomic E-state index is 11.9. The summed E-state index contributed by atoms with van der Waals surface area (Å²) in [7, 11) is 1.66. The maximum absolute atomic E-state index is 11.9. The summed E-state index contributed by atoms with van der Waals surface area (Å²) in [6, 6.07) is 3.00. The van der Waals surface area contributed by atoms with E-state index < -0.39 is 0 Å². The van der Waals surface area contributed by atoms with E-state index >= 15 is 0 Å². The van der Waals surface area contributed by atoms with Gasteiger partial charge in [0.25, 0.3) is 11.5 Å². The van der Waals surface area contributed by atoms with Crippen molar-refractivity contribution in [3.05, 3.63) is 34.2 Å². The van der Waals surface area contributed by atoms with Crippen molar-refractivity contribution in [2.24, 2.45) is 13.0 Å². The van der Waals surface area contributed by atoms with Crippen LogP contribution in [0.2, 0.25) is 0 Å². The van der Waals surface area contributed by atoms with E-state index in [0.29, 0.717) is 18.0 Å². The normalized spacial score (nSPS) is 23.0. The van der Waals surface area contributed by atoms with Crippen LogP contribution in [0.3, 0.4) is 0 Å². The van der Waals surface area contributed by atoms with E-state index in [9.17, 15) is 9.59 Å². The molecule has 1 amide bonds. The maximum Gasteiger partial charge on any atom is 0.251 e. The number of rotatable bonds is 3. The van der Waals surface area contributed by atoms with Gasteiger partial charge < -0.3 is 9.88 Å². The number of nitrogens with zero attached hydrogens (tertiary/aromatic N) is 1. The number of aryl methyl sites for hydroxylation is 1. The van der Waals surface area contributed by atoms with E-state index in [1.807, 2.05) is 0 Å². The lowest BCUT2D eigenvalue weighted by Gasteiger charge is -2.10. The highest BCUT2D eigenvalue weighted by Gasteiger charge is 2.23. The molecule has 0 bridgehead atoms. The summed E-state index contributed by atoms with van der Waals surface area (Å²) < 4.78 is 1.44. The van der Waals surface area contributed by atoms with Gasteiger partial charge in [0.2, 0.25) is 0 Å². The fourth-order valence-electron chi connectivity index (χ4n) is 2.23. The lowest BCUT2D eigenvalue weighted by atomic mass is 10.1. The van der Waals surface area contributed by atoms with E-state index in [1.54, 1.807) is 19.3 Å². The molecule has 2 atom stereocenters. The number of halogens is 1. The molecule has 1 saturated carbocycles. The molecule has 5 heteroatoms. The summed E-state index contributed by atoms with van der Waals surface area (Å²) in [5.41, 5.74) is 0.239. The highest BCUT2D eigenvalue weighted by Crippen LogP contribution is 2.28. The molecule has 1 fully saturated rings. The summed E-state index contributed by atoms with van der Waals surface area (Å²) in [6.07, 6.45) is 4.64. The molecular formula is C13H17ClN2O2. The molecule has 1 heterocycles. The predicted octanol–water partition coefficient (Wildman–Crippen LogP) is 1.52. The number of carbonyl (C=O) groups excluding carboxylic acids is 1. The van der Waals surface area contributed by atoms with Crippen molar-refractivity contribution in [1.82, 2.24) is 9.88 Å². The molecule has 0 aliphatic heterocycles. The van der Waals surface area contributed by atoms with Gasteiger partial charge in [-0.05, 0) is 31.2 Å². The molecule has 4 nitrogen and oxygen atoms in total. The Morgan fingerprint density at radius 1 is 1.56 bits per heavy atom. The van der Waals surface area contributed by atoms with Crippen LogP contribution < -0.4 is 10.9 Å². The minimum absolute atomic E-state index is 0.177. The van der Waals surface area contributed by atoms with Gasteiger partial charge in [-0.2, -0.15) is 0 Å². The van der Waals surface area contributed by atoms with Crippen molar-refractivity contribution in [1.29, 1.82) is 0 Å². The molecule has 0 radical (unpaired) electrons. The minimum atomic E-state index is -0.189. The van der Waals surface area contributed by atoms with Crippen LogP contribution in [0.4, 0.5) is 0 Å². The van der Waals surface area contributed by atoms with Crippen LogP contribution >= 0.6 is 11.6 Å². The summed E-state index contributed by atoms with van der Waals surface area (Å²) in [6.45, 7) is 0.636. The predicted molar refractivity (Wildman–Crippen MR) is 71.0 cm³/mol. The molecular weight excluding hydrogens is 252 g/mol. The van der Waals surface area contributed by atoms with Crippen molar-refractivity contribution in [3.63, 3.8) is 0 Å². The smallest absolute Gasteiger partial charge is 0.251 e. The summed E-state index contributed by atoms with van der Waals surface area (Å²) in [4.78, 5) is 23.3. The minimum Gasteiger partial charge on any atom is -0.352 e. The number of amides is 1. The summed E-state index contributed by atoms with van der Waals surface area (Å²) in [5, 5.41) is 3.11. The van der Waals surface area contributed by atoms with E-state index in [1.165, 1.54) is 10.6 Å². The molecule has 0 aromatic carbocycles. The van der Waals surface area contributed by atoms with Gasteiger partial charge in [-0.25, -0.2) is 0 Å². The molecule has 1 aromatic heterocycles. The number of hydrogen-bond donors (Lipinski definition) is 1. The first-order valence-corrected chi connectivity index (χ1v) is 6.59. The second-order valence-corrected chi connectivity index (χ2v) is 5.47. The van der Waals surface area contributed by atoms with E-state index in [-0.39, 0.29) is 16.8 Å². The zero-order chi connectivity index (χ0) is 13.1. The first-order valence-electron chi connectivity index (χ1n) is 6.15.